The molecule has 0 aliphatic heterocycles. The predicted octanol–water partition coefficient (Wildman–Crippen LogP) is 2.92. The van der Waals surface area contributed by atoms with Crippen LogP contribution in [0.15, 0.2) is 35.2 Å². The zero-order valence-electron chi connectivity index (χ0n) is 10.7. The van der Waals surface area contributed by atoms with E-state index in [2.05, 4.69) is 0 Å². The summed E-state index contributed by atoms with van der Waals surface area (Å²) in [7, 11) is -4.65. The fourth-order valence-corrected chi connectivity index (χ4v) is 2.90. The maximum atomic E-state index is 13.5. The van der Waals surface area contributed by atoms with Gasteiger partial charge in [-0.2, -0.15) is 0 Å². The van der Waals surface area contributed by atoms with Crippen LogP contribution in [-0.4, -0.2) is 13.5 Å². The number of hydrogen-bond acceptors (Lipinski definition) is 3. The van der Waals surface area contributed by atoms with Gasteiger partial charge in [-0.1, -0.05) is 6.07 Å². The smallest absolute Gasteiger partial charge is 0.267 e. The molecule has 2 aromatic rings. The molecule has 2 N–H and O–H groups in total. The molecule has 0 saturated carbocycles. The van der Waals surface area contributed by atoms with E-state index in [1.165, 1.54) is 18.2 Å². The number of sulfonamides is 1. The monoisotopic (exact) mass is 317 g/mol. The van der Waals surface area contributed by atoms with E-state index >= 15 is 0 Å². The number of nitrogens with one attached hydrogen (secondary N) is 1. The lowest BCUT2D eigenvalue weighted by atomic mass is 10.2. The van der Waals surface area contributed by atoms with Gasteiger partial charge < -0.3 is 5.11 Å². The first-order chi connectivity index (χ1) is 9.70. The minimum Gasteiger partial charge on any atom is -0.506 e. The number of aryl methyl sites for hydroxylation is 1. The normalized spacial score (nSPS) is 11.4. The third-order valence-corrected chi connectivity index (χ3v) is 4.05. The number of phenolic OH excluding ortho intramolecular Hbond substituents is 1. The molecule has 8 heteroatoms. The zero-order valence-corrected chi connectivity index (χ0v) is 11.5. The van der Waals surface area contributed by atoms with E-state index in [0.29, 0.717) is 5.56 Å². The second-order valence-corrected chi connectivity index (χ2v) is 5.94. The van der Waals surface area contributed by atoms with Crippen molar-refractivity contribution >= 4 is 15.7 Å². The van der Waals surface area contributed by atoms with Gasteiger partial charge in [0.25, 0.3) is 10.0 Å². The third-order valence-electron chi connectivity index (χ3n) is 2.63. The van der Waals surface area contributed by atoms with Crippen LogP contribution in [-0.2, 0) is 10.0 Å². The third kappa shape index (κ3) is 3.10. The molecule has 4 nitrogen and oxygen atoms in total. The van der Waals surface area contributed by atoms with Crippen molar-refractivity contribution in [3.05, 3.63) is 53.3 Å². The fourth-order valence-electron chi connectivity index (χ4n) is 1.71. The van der Waals surface area contributed by atoms with Crippen LogP contribution < -0.4 is 4.72 Å². The Morgan fingerprint density at radius 1 is 1.05 bits per heavy atom. The number of rotatable bonds is 3. The number of aromatic hydroxyl groups is 1. The highest BCUT2D eigenvalue weighted by molar-refractivity contribution is 7.92. The largest absolute Gasteiger partial charge is 0.506 e. The molecule has 2 aromatic carbocycles. The Morgan fingerprint density at radius 3 is 2.14 bits per heavy atom. The molecule has 112 valence electrons. The van der Waals surface area contributed by atoms with E-state index in [1.807, 2.05) is 4.72 Å². The van der Waals surface area contributed by atoms with Gasteiger partial charge in [-0.15, -0.1) is 0 Å². The molecule has 21 heavy (non-hydrogen) atoms. The summed E-state index contributed by atoms with van der Waals surface area (Å²) in [5.74, 6) is -4.76. The average Bonchev–Trinajstić information content (AvgIpc) is 2.30. The first-order valence-electron chi connectivity index (χ1n) is 5.67. The van der Waals surface area contributed by atoms with Crippen molar-refractivity contribution in [3.63, 3.8) is 0 Å². The van der Waals surface area contributed by atoms with Crippen molar-refractivity contribution in [3.8, 4) is 5.75 Å². The van der Waals surface area contributed by atoms with Gasteiger partial charge in [0, 0.05) is 12.1 Å². The summed E-state index contributed by atoms with van der Waals surface area (Å²) in [6.45, 7) is 1.66. The van der Waals surface area contributed by atoms with Crippen LogP contribution in [0.5, 0.6) is 5.75 Å². The highest BCUT2D eigenvalue weighted by atomic mass is 32.2. The van der Waals surface area contributed by atoms with E-state index in [4.69, 9.17) is 0 Å². The summed E-state index contributed by atoms with van der Waals surface area (Å²) < 4.78 is 65.6. The molecule has 0 aromatic heterocycles. The van der Waals surface area contributed by atoms with Crippen LogP contribution in [0.1, 0.15) is 5.56 Å². The summed E-state index contributed by atoms with van der Waals surface area (Å²) in [5.41, 5.74) is 0.415. The summed E-state index contributed by atoms with van der Waals surface area (Å²) in [6, 6.07) is 4.52. The molecule has 2 rings (SSSR count). The number of benzene rings is 2. The minimum absolute atomic E-state index is 0.247. The summed E-state index contributed by atoms with van der Waals surface area (Å²) >= 11 is 0. The second kappa shape index (κ2) is 5.28. The minimum atomic E-state index is -4.65. The van der Waals surface area contributed by atoms with Gasteiger partial charge in [-0.25, -0.2) is 21.6 Å². The summed E-state index contributed by atoms with van der Waals surface area (Å²) in [4.78, 5) is -1.32. The Labute approximate surface area is 118 Å². The SMILES string of the molecule is Cc1ccc(NS(=O)(=O)c2c(F)cc(F)cc2F)c(O)c1. The average molecular weight is 317 g/mol. The maximum absolute atomic E-state index is 13.5. The number of hydrogen-bond donors (Lipinski definition) is 2. The Kier molecular flexibility index (Phi) is 3.82. The van der Waals surface area contributed by atoms with Gasteiger partial charge in [-0.05, 0) is 24.6 Å². The van der Waals surface area contributed by atoms with Crippen molar-refractivity contribution in [2.75, 3.05) is 4.72 Å². The van der Waals surface area contributed by atoms with E-state index in [1.54, 1.807) is 6.92 Å². The van der Waals surface area contributed by atoms with Crippen LogP contribution in [0.4, 0.5) is 18.9 Å². The lowest BCUT2D eigenvalue weighted by Gasteiger charge is -2.11. The van der Waals surface area contributed by atoms with Crippen LogP contribution in [0, 0.1) is 24.4 Å². The molecule has 0 radical (unpaired) electrons. The van der Waals surface area contributed by atoms with E-state index in [9.17, 15) is 26.7 Å². The van der Waals surface area contributed by atoms with E-state index in [-0.39, 0.29) is 17.8 Å². The highest BCUT2D eigenvalue weighted by Crippen LogP contribution is 2.28. The Morgan fingerprint density at radius 2 is 1.62 bits per heavy atom. The van der Waals surface area contributed by atoms with Crippen molar-refractivity contribution in [2.45, 2.75) is 11.8 Å². The summed E-state index contributed by atoms with van der Waals surface area (Å²) in [5, 5.41) is 9.61. The summed E-state index contributed by atoms with van der Waals surface area (Å²) in [6.07, 6.45) is 0. The molecule has 0 aliphatic rings. The molecule has 0 bridgehead atoms. The van der Waals surface area contributed by atoms with Gasteiger partial charge in [0.05, 0.1) is 5.69 Å². The molecular weight excluding hydrogens is 307 g/mol. The first kappa shape index (κ1) is 15.2. The number of anilines is 1. The lowest BCUT2D eigenvalue weighted by Crippen LogP contribution is -2.17. The van der Waals surface area contributed by atoms with Gasteiger partial charge in [0.1, 0.15) is 23.2 Å². The predicted molar refractivity (Wildman–Crippen MR) is 70.0 cm³/mol. The Hall–Kier alpha value is -2.22. The van der Waals surface area contributed by atoms with Gasteiger partial charge >= 0.3 is 0 Å². The molecule has 0 aliphatic carbocycles. The first-order valence-corrected chi connectivity index (χ1v) is 7.16. The molecule has 0 atom stereocenters. The van der Waals surface area contributed by atoms with E-state index in [0.717, 1.165) is 0 Å². The quantitative estimate of drug-likeness (QED) is 0.856. The molecular formula is C13H10F3NO3S. The van der Waals surface area contributed by atoms with Gasteiger partial charge in [0.2, 0.25) is 0 Å². The maximum Gasteiger partial charge on any atom is 0.267 e. The molecule has 0 saturated heterocycles. The molecule has 0 amide bonds. The Balaban J connectivity index is 2.48. The van der Waals surface area contributed by atoms with Crippen LogP contribution in [0.3, 0.4) is 0 Å². The molecule has 0 spiro atoms. The van der Waals surface area contributed by atoms with Gasteiger partial charge in [-0.3, -0.25) is 4.72 Å². The van der Waals surface area contributed by atoms with Crippen molar-refractivity contribution in [1.29, 1.82) is 0 Å². The molecule has 0 heterocycles. The van der Waals surface area contributed by atoms with Crippen LogP contribution in [0.2, 0.25) is 0 Å². The zero-order chi connectivity index (χ0) is 15.8. The van der Waals surface area contributed by atoms with Crippen molar-refractivity contribution in [1.82, 2.24) is 0 Å². The van der Waals surface area contributed by atoms with Crippen LogP contribution >= 0.6 is 0 Å². The topological polar surface area (TPSA) is 66.4 Å². The molecule has 0 unspecified atom stereocenters. The van der Waals surface area contributed by atoms with Gasteiger partial charge in [0.15, 0.2) is 4.90 Å². The van der Waals surface area contributed by atoms with E-state index < -0.39 is 38.1 Å². The number of halogens is 3. The Bertz CT molecular complexity index is 783. The second-order valence-electron chi connectivity index (χ2n) is 4.32. The van der Waals surface area contributed by atoms with Crippen LogP contribution in [0.25, 0.3) is 0 Å². The lowest BCUT2D eigenvalue weighted by molar-refractivity contribution is 0.476. The van der Waals surface area contributed by atoms with Crippen molar-refractivity contribution in [2.24, 2.45) is 0 Å². The number of phenols is 1. The standard InChI is InChI=1S/C13H10F3NO3S/c1-7-2-3-11(12(18)4-7)17-21(19,20)13-9(15)5-8(14)6-10(13)16/h2-6,17-18H,1H3. The van der Waals surface area contributed by atoms with Crippen molar-refractivity contribution < 1.29 is 26.7 Å². The fraction of sp³-hybridized carbons (Fsp3) is 0.0769. The molecule has 0 fully saturated rings. The highest BCUT2D eigenvalue weighted by Gasteiger charge is 2.26.